The van der Waals surface area contributed by atoms with Gasteiger partial charge >= 0.3 is 0 Å². The molecule has 0 radical (unpaired) electrons. The molecule has 1 aliphatic heterocycles. The lowest BCUT2D eigenvalue weighted by atomic mass is 10.1. The third-order valence-corrected chi connectivity index (χ3v) is 5.71. The number of amides is 2. The molecule has 2 aromatic rings. The number of carbonyl (C=O) groups is 2. The Balaban J connectivity index is 1.88. The summed E-state index contributed by atoms with van der Waals surface area (Å²) in [5.41, 5.74) is 3.04. The van der Waals surface area contributed by atoms with Crippen LogP contribution in [0.5, 0.6) is 5.75 Å². The zero-order valence-corrected chi connectivity index (χ0v) is 18.1. The minimum Gasteiger partial charge on any atom is -0.488 e. The fourth-order valence-electron chi connectivity index (χ4n) is 2.74. The van der Waals surface area contributed by atoms with Crippen LogP contribution in [0.3, 0.4) is 0 Å². The number of halogens is 1. The summed E-state index contributed by atoms with van der Waals surface area (Å²) in [6.45, 7) is 5.31. The molecule has 0 unspecified atom stereocenters. The van der Waals surface area contributed by atoms with E-state index in [1.807, 2.05) is 49.4 Å². The number of ether oxygens (including phenoxy) is 1. The summed E-state index contributed by atoms with van der Waals surface area (Å²) in [6.07, 6.45) is 0. The molecule has 1 heterocycles. The molecule has 146 valence electrons. The number of hydrogen-bond donors (Lipinski definition) is 1. The largest absolute Gasteiger partial charge is 0.488 e. The van der Waals surface area contributed by atoms with Gasteiger partial charge < -0.3 is 10.1 Å². The van der Waals surface area contributed by atoms with Gasteiger partial charge in [0.15, 0.2) is 5.17 Å². The van der Waals surface area contributed by atoms with Crippen molar-refractivity contribution in [3.63, 3.8) is 0 Å². The fourth-order valence-corrected chi connectivity index (χ4v) is 4.27. The number of thioether (sulfide) groups is 1. The molecule has 0 aromatic heterocycles. The van der Waals surface area contributed by atoms with Gasteiger partial charge in [0.25, 0.3) is 0 Å². The predicted octanol–water partition coefficient (Wildman–Crippen LogP) is 4.34. The minimum atomic E-state index is -0.427. The van der Waals surface area contributed by atoms with E-state index in [-0.39, 0.29) is 11.8 Å². The van der Waals surface area contributed by atoms with Crippen LogP contribution < -0.4 is 10.1 Å². The van der Waals surface area contributed by atoms with Crippen LogP contribution >= 0.6 is 27.7 Å². The van der Waals surface area contributed by atoms with Gasteiger partial charge in [-0.1, -0.05) is 52.0 Å². The quantitative estimate of drug-likeness (QED) is 0.734. The summed E-state index contributed by atoms with van der Waals surface area (Å²) in [6, 6.07) is 13.7. The smallest absolute Gasteiger partial charge is 0.241 e. The molecule has 0 saturated carbocycles. The van der Waals surface area contributed by atoms with E-state index < -0.39 is 5.37 Å². The summed E-state index contributed by atoms with van der Waals surface area (Å²) in [7, 11) is 0. The van der Waals surface area contributed by atoms with Crippen molar-refractivity contribution in [3.8, 4) is 5.75 Å². The van der Waals surface area contributed by atoms with Gasteiger partial charge in [-0.25, -0.2) is 5.01 Å². The highest BCUT2D eigenvalue weighted by Crippen LogP contribution is 2.43. The van der Waals surface area contributed by atoms with Crippen LogP contribution in [0.2, 0.25) is 0 Å². The Morgan fingerprint density at radius 2 is 2.00 bits per heavy atom. The molecule has 0 spiro atoms. The highest BCUT2D eigenvalue weighted by Gasteiger charge is 2.34. The average Bonchev–Trinajstić information content (AvgIpc) is 3.05. The molecule has 28 heavy (non-hydrogen) atoms. The Morgan fingerprint density at radius 3 is 2.68 bits per heavy atom. The second kappa shape index (κ2) is 8.79. The Hall–Kier alpha value is -2.32. The van der Waals surface area contributed by atoms with Crippen molar-refractivity contribution in [2.24, 2.45) is 5.10 Å². The van der Waals surface area contributed by atoms with E-state index >= 15 is 0 Å². The second-order valence-corrected chi connectivity index (χ2v) is 8.30. The molecule has 1 aliphatic rings. The highest BCUT2D eigenvalue weighted by molar-refractivity contribution is 9.10. The number of benzene rings is 2. The van der Waals surface area contributed by atoms with Crippen molar-refractivity contribution in [2.45, 2.75) is 32.8 Å². The molecule has 2 aromatic carbocycles. The van der Waals surface area contributed by atoms with Gasteiger partial charge in [-0.3, -0.25) is 9.59 Å². The first-order valence-electron chi connectivity index (χ1n) is 8.64. The number of nitrogens with one attached hydrogen (secondary N) is 1. The molecule has 0 fully saturated rings. The lowest BCUT2D eigenvalue weighted by Gasteiger charge is -2.22. The summed E-state index contributed by atoms with van der Waals surface area (Å²) in [5, 5.41) is 8.22. The number of aryl methyl sites for hydroxylation is 1. The maximum Gasteiger partial charge on any atom is 0.241 e. The normalized spacial score (nSPS) is 15.9. The molecule has 8 heteroatoms. The zero-order chi connectivity index (χ0) is 20.3. The molecule has 2 amide bonds. The zero-order valence-electron chi connectivity index (χ0n) is 15.7. The van der Waals surface area contributed by atoms with E-state index in [4.69, 9.17) is 4.74 Å². The Labute approximate surface area is 176 Å². The molecular weight excluding hydrogens is 442 g/mol. The van der Waals surface area contributed by atoms with Crippen LogP contribution in [-0.4, -0.2) is 22.0 Å². The number of amidine groups is 1. The van der Waals surface area contributed by atoms with Crippen LogP contribution in [0.15, 0.2) is 52.0 Å². The van der Waals surface area contributed by atoms with E-state index in [0.29, 0.717) is 17.5 Å². The Morgan fingerprint density at radius 1 is 1.25 bits per heavy atom. The number of hydrazone groups is 1. The van der Waals surface area contributed by atoms with Crippen molar-refractivity contribution in [2.75, 3.05) is 0 Å². The Kier molecular flexibility index (Phi) is 6.41. The third-order valence-electron chi connectivity index (χ3n) is 4.13. The van der Waals surface area contributed by atoms with Gasteiger partial charge in [0.2, 0.25) is 11.8 Å². The topological polar surface area (TPSA) is 71.0 Å². The number of hydrogen-bond acceptors (Lipinski definition) is 5. The average molecular weight is 462 g/mol. The summed E-state index contributed by atoms with van der Waals surface area (Å²) >= 11 is 4.79. The number of carbonyl (C=O) groups excluding carboxylic acids is 2. The van der Waals surface area contributed by atoms with Crippen molar-refractivity contribution in [3.05, 3.63) is 63.6 Å². The monoisotopic (exact) mass is 461 g/mol. The van der Waals surface area contributed by atoms with Crippen LogP contribution in [0, 0.1) is 6.92 Å². The molecule has 0 saturated heterocycles. The van der Waals surface area contributed by atoms with Crippen molar-refractivity contribution in [1.29, 1.82) is 0 Å². The van der Waals surface area contributed by atoms with Crippen LogP contribution in [-0.2, 0) is 16.2 Å². The lowest BCUT2D eigenvalue weighted by molar-refractivity contribution is -0.129. The van der Waals surface area contributed by atoms with Crippen molar-refractivity contribution >= 4 is 44.7 Å². The standard InChI is InChI=1S/C20H20BrN3O3S/c1-12-6-4-5-7-15(12)11-27-18-9-8-16(21)10-17(18)19-24(14(3)26)23-20(28-19)22-13(2)25/h4-10,19H,11H2,1-3H3,(H,22,23,25)/t19-/m1/s1. The maximum absolute atomic E-state index is 12.1. The van der Waals surface area contributed by atoms with Gasteiger partial charge in [-0.05, 0) is 36.2 Å². The molecular formula is C20H20BrN3O3S. The van der Waals surface area contributed by atoms with Gasteiger partial charge in [-0.2, -0.15) is 0 Å². The summed E-state index contributed by atoms with van der Waals surface area (Å²) in [5.74, 6) is 0.206. The first kappa shape index (κ1) is 20.4. The highest BCUT2D eigenvalue weighted by atomic mass is 79.9. The molecule has 3 rings (SSSR count). The first-order valence-corrected chi connectivity index (χ1v) is 10.3. The van der Waals surface area contributed by atoms with Crippen LogP contribution in [0.4, 0.5) is 0 Å². The molecule has 0 bridgehead atoms. The van der Waals surface area contributed by atoms with E-state index in [2.05, 4.69) is 26.3 Å². The van der Waals surface area contributed by atoms with Crippen LogP contribution in [0.1, 0.15) is 35.9 Å². The van der Waals surface area contributed by atoms with Gasteiger partial charge in [-0.15, -0.1) is 5.10 Å². The second-order valence-electron chi connectivity index (χ2n) is 6.32. The van der Waals surface area contributed by atoms with E-state index in [9.17, 15) is 9.59 Å². The predicted molar refractivity (Wildman–Crippen MR) is 114 cm³/mol. The van der Waals surface area contributed by atoms with E-state index in [1.165, 1.54) is 30.6 Å². The molecule has 0 aliphatic carbocycles. The maximum atomic E-state index is 12.1. The third kappa shape index (κ3) is 4.74. The first-order chi connectivity index (χ1) is 13.3. The van der Waals surface area contributed by atoms with Gasteiger partial charge in [0, 0.05) is 23.9 Å². The van der Waals surface area contributed by atoms with Crippen LogP contribution in [0.25, 0.3) is 0 Å². The molecule has 6 nitrogen and oxygen atoms in total. The van der Waals surface area contributed by atoms with Crippen molar-refractivity contribution in [1.82, 2.24) is 10.3 Å². The minimum absolute atomic E-state index is 0.220. The number of rotatable bonds is 4. The van der Waals surface area contributed by atoms with E-state index in [1.54, 1.807) is 0 Å². The fraction of sp³-hybridized carbons (Fsp3) is 0.250. The summed E-state index contributed by atoms with van der Waals surface area (Å²) < 4.78 is 6.97. The summed E-state index contributed by atoms with van der Waals surface area (Å²) in [4.78, 5) is 23.5. The molecule has 1 atom stereocenters. The SMILES string of the molecule is CC(=O)NC1=NN(C(C)=O)[C@@H](c2cc(Br)ccc2OCc2ccccc2C)S1. The Bertz CT molecular complexity index is 948. The van der Waals surface area contributed by atoms with E-state index in [0.717, 1.165) is 21.2 Å². The number of nitrogens with zero attached hydrogens (tertiary/aromatic N) is 2. The van der Waals surface area contributed by atoms with Gasteiger partial charge in [0.1, 0.15) is 17.7 Å². The van der Waals surface area contributed by atoms with Gasteiger partial charge in [0.05, 0.1) is 0 Å². The lowest BCUT2D eigenvalue weighted by Crippen LogP contribution is -2.25. The van der Waals surface area contributed by atoms with Crippen molar-refractivity contribution < 1.29 is 14.3 Å². The molecule has 1 N–H and O–H groups in total.